The maximum absolute atomic E-state index is 14.8. The van der Waals surface area contributed by atoms with Gasteiger partial charge in [0.2, 0.25) is 17.6 Å². The van der Waals surface area contributed by atoms with Gasteiger partial charge in [-0.15, -0.1) is 0 Å². The number of nitrogens with two attached hydrogens (primary N) is 1. The highest BCUT2D eigenvalue weighted by Crippen LogP contribution is 2.38. The van der Waals surface area contributed by atoms with E-state index in [9.17, 15) is 48.9 Å². The minimum atomic E-state index is -2.48. The first-order chi connectivity index (χ1) is 42.8. The molecule has 4 aliphatic heterocycles. The number of rotatable bonds is 14. The van der Waals surface area contributed by atoms with Crippen LogP contribution in [0.15, 0.2) is 60.0 Å². The third kappa shape index (κ3) is 20.3. The zero-order chi connectivity index (χ0) is 66.0. The fraction of sp³-hybridized carbons (Fsp3) is 0.712. The summed E-state index contributed by atoms with van der Waals surface area (Å²) in [5.41, 5.74) is 8.97. The second-order valence-corrected chi connectivity index (χ2v) is 25.8. The number of alkyl carbamates (subject to hydrolysis) is 1. The van der Waals surface area contributed by atoms with E-state index in [1.165, 1.54) is 18.9 Å². The predicted molar refractivity (Wildman–Crippen MR) is 335 cm³/mol. The molecule has 2 bridgehead atoms. The quantitative estimate of drug-likeness (QED) is 0.0969. The third-order valence-electron chi connectivity index (χ3n) is 18.6. The maximum atomic E-state index is 14.8. The number of piperazine rings is 1. The first-order valence-corrected chi connectivity index (χ1v) is 32.1. The number of nitrogens with one attached hydrogen (secondary N) is 1. The molecule has 1 aliphatic carbocycles. The first-order valence-electron chi connectivity index (χ1n) is 32.1. The molecule has 16 atom stereocenters. The summed E-state index contributed by atoms with van der Waals surface area (Å²) in [6.07, 6.45) is 11.1. The third-order valence-corrected chi connectivity index (χ3v) is 18.6. The van der Waals surface area contributed by atoms with E-state index < -0.39 is 114 Å². The molecular weight excluding hydrogens is 1160 g/mol. The molecule has 6 N–H and O–H groups in total. The number of anilines is 1. The molecule has 0 aromatic carbocycles. The number of allylic oxidation sites excluding steroid dienone is 5. The van der Waals surface area contributed by atoms with Crippen molar-refractivity contribution in [1.29, 1.82) is 0 Å². The number of ether oxygens (including phenoxy) is 6. The number of fused-ring (bicyclic) bond motifs is 3. The molecule has 0 spiro atoms. The van der Waals surface area contributed by atoms with Crippen molar-refractivity contribution in [2.75, 3.05) is 79.1 Å². The lowest BCUT2D eigenvalue weighted by Crippen LogP contribution is -2.61. The number of esters is 1. The van der Waals surface area contributed by atoms with Crippen molar-refractivity contribution in [3.8, 4) is 0 Å². The van der Waals surface area contributed by atoms with Crippen LogP contribution in [-0.4, -0.2) is 222 Å². The van der Waals surface area contributed by atoms with Crippen LogP contribution in [-0.2, 0) is 63.7 Å². The number of carbonyl (C=O) groups is 7. The Bertz CT molecular complexity index is 2700. The van der Waals surface area contributed by atoms with Gasteiger partial charge in [-0.1, -0.05) is 64.2 Å². The van der Waals surface area contributed by atoms with Gasteiger partial charge in [-0.3, -0.25) is 28.9 Å². The first kappa shape index (κ1) is 73.2. The van der Waals surface area contributed by atoms with E-state index in [0.717, 1.165) is 5.57 Å². The van der Waals surface area contributed by atoms with Crippen LogP contribution in [0.5, 0.6) is 0 Å². The molecule has 0 radical (unpaired) electrons. The molecular formula is C66H102N8O16. The Morgan fingerprint density at radius 3 is 2.18 bits per heavy atom. The van der Waals surface area contributed by atoms with Crippen molar-refractivity contribution in [3.63, 3.8) is 0 Å². The van der Waals surface area contributed by atoms with Crippen molar-refractivity contribution in [1.82, 2.24) is 30.0 Å². The summed E-state index contributed by atoms with van der Waals surface area (Å²) in [5.74, 6) is -7.53. The lowest BCUT2D eigenvalue weighted by molar-refractivity contribution is -0.265. The van der Waals surface area contributed by atoms with Gasteiger partial charge in [-0.2, -0.15) is 0 Å². The van der Waals surface area contributed by atoms with Gasteiger partial charge in [0.05, 0.1) is 37.5 Å². The van der Waals surface area contributed by atoms with E-state index in [1.807, 2.05) is 56.1 Å². The van der Waals surface area contributed by atoms with Crippen LogP contribution >= 0.6 is 0 Å². The molecule has 1 saturated carbocycles. The zero-order valence-electron chi connectivity index (χ0n) is 54.8. The highest BCUT2D eigenvalue weighted by Gasteiger charge is 2.53. The summed E-state index contributed by atoms with van der Waals surface area (Å²) >= 11 is 0. The molecule has 24 nitrogen and oxygen atoms in total. The van der Waals surface area contributed by atoms with E-state index in [1.54, 1.807) is 70.3 Å². The van der Waals surface area contributed by atoms with E-state index in [2.05, 4.69) is 15.3 Å². The number of likely N-dealkylation sites (N-methyl/N-ethyl adjacent to an activating group) is 1. The van der Waals surface area contributed by atoms with Gasteiger partial charge in [0.25, 0.3) is 11.7 Å². The minimum absolute atomic E-state index is 0.00770. The molecule has 4 fully saturated rings. The van der Waals surface area contributed by atoms with Crippen molar-refractivity contribution in [2.24, 2.45) is 35.3 Å². The SMILES string of the molecule is CO[C@H]1C[C@@H]2CC[C@@H](C)[C@@](O)(O2)C(=O)C(=O)N2CCCC[C@H]2C(=O)O[C@H]([C@H](N)C[C@@H]2CC[C@@H](OC(=O)NCc3cnc(N4CCN(C(=O)CN(C)CC(C)=O)CC4)nc3)[C@H](OC)C2)C[C@@H](OC)[C@H](C)/C=C(\C)[C@@H](O)[C@@H](O)C(=O)[C@H](C)C[C@H](C)/C=C/C=C/C=C/1C. The molecule has 0 unspecified atom stereocenters. The maximum Gasteiger partial charge on any atom is 0.407 e. The number of hydrogen-bond acceptors (Lipinski definition) is 21. The summed E-state index contributed by atoms with van der Waals surface area (Å²) in [4.78, 5) is 111. The highest BCUT2D eigenvalue weighted by atomic mass is 16.6. The Morgan fingerprint density at radius 1 is 0.811 bits per heavy atom. The number of piperidine rings is 1. The van der Waals surface area contributed by atoms with Crippen molar-refractivity contribution >= 4 is 47.2 Å². The van der Waals surface area contributed by atoms with Crippen LogP contribution in [0, 0.1) is 29.6 Å². The normalized spacial score (nSPS) is 34.2. The molecule has 3 amide bonds. The number of amides is 3. The Balaban J connectivity index is 1.15. The second kappa shape index (κ2) is 34.7. The molecule has 1 aromatic heterocycles. The van der Waals surface area contributed by atoms with Crippen LogP contribution in [0.2, 0.25) is 0 Å². The standard InChI is InChI=1S/C66H102N8O16/c1-40-17-13-12-14-18-41(2)53(85-9)33-49-22-20-45(6)66(84,90-49)61(80)62(81)74-24-16-15-19-51(74)63(82)88-55(34-54(86-10)42(3)30-44(5)59(78)60(79)58(77)43(4)29-40)50(67)31-47-21-23-52(56(32-47)87-11)89-65(83)70-37-48-35-68-64(69-36-48)73-27-25-72(26-28-73)57(76)39-71(8)38-46(7)75/h12-14,17-18,30,35-36,40,42-43,45,47,49-56,59-60,78-79,84H,15-16,19-29,31-34,37-39,67H2,1-11H3,(H,70,83)/b14-12+,17-13+,41-18+,44-30+/t40-,42-,43-,45-,47+,49+,50-,51+,52-,53+,54-,55+,56-,59-,60+,66-/m1/s1. The number of Topliss-reactive ketones (excluding diaryl/α,β-unsaturated/α-hetero) is 3. The Kier molecular flexibility index (Phi) is 28.3. The zero-order valence-corrected chi connectivity index (χ0v) is 54.8. The number of ketones is 3. The monoisotopic (exact) mass is 1260 g/mol. The highest BCUT2D eigenvalue weighted by molar-refractivity contribution is 6.39. The van der Waals surface area contributed by atoms with Crippen molar-refractivity contribution < 1.29 is 77.3 Å². The number of hydrogen-bond donors (Lipinski definition) is 5. The molecule has 5 aliphatic rings. The summed E-state index contributed by atoms with van der Waals surface area (Å²) in [5, 5.41) is 37.6. The second-order valence-electron chi connectivity index (χ2n) is 25.8. The van der Waals surface area contributed by atoms with Gasteiger partial charge in [0, 0.05) is 115 Å². The van der Waals surface area contributed by atoms with E-state index in [-0.39, 0.29) is 69.0 Å². The molecule has 5 heterocycles. The summed E-state index contributed by atoms with van der Waals surface area (Å²) < 4.78 is 36.4. The molecule has 24 heteroatoms. The van der Waals surface area contributed by atoms with Gasteiger partial charge in [-0.05, 0) is 115 Å². The Labute approximate surface area is 531 Å². The van der Waals surface area contributed by atoms with E-state index >= 15 is 0 Å². The van der Waals surface area contributed by atoms with Crippen LogP contribution in [0.3, 0.4) is 0 Å². The van der Waals surface area contributed by atoms with Gasteiger partial charge in [0.1, 0.15) is 36.2 Å². The average Bonchev–Trinajstić information content (AvgIpc) is 0.837. The van der Waals surface area contributed by atoms with Crippen LogP contribution < -0.4 is 16.0 Å². The minimum Gasteiger partial charge on any atom is -0.459 e. The number of methoxy groups -OCH3 is 3. The largest absolute Gasteiger partial charge is 0.459 e. The number of aliphatic hydroxyl groups excluding tert-OH is 2. The van der Waals surface area contributed by atoms with E-state index in [4.69, 9.17) is 34.2 Å². The molecule has 1 aromatic rings. The molecule has 90 heavy (non-hydrogen) atoms. The number of aliphatic hydroxyl groups is 3. The smallest absolute Gasteiger partial charge is 0.407 e. The number of aromatic nitrogens is 2. The van der Waals surface area contributed by atoms with Gasteiger partial charge in [0.15, 0.2) is 5.78 Å². The van der Waals surface area contributed by atoms with Crippen LogP contribution in [0.4, 0.5) is 10.7 Å². The van der Waals surface area contributed by atoms with Gasteiger partial charge < -0.3 is 69.5 Å². The van der Waals surface area contributed by atoms with Crippen LogP contribution in [0.1, 0.15) is 131 Å². The number of nitrogens with zero attached hydrogens (tertiary/aromatic N) is 6. The van der Waals surface area contributed by atoms with Gasteiger partial charge in [-0.25, -0.2) is 19.6 Å². The lowest BCUT2D eigenvalue weighted by Gasteiger charge is -2.43. The average molecular weight is 1260 g/mol. The number of carbonyl (C=O) groups excluding carboxylic acids is 7. The molecule has 502 valence electrons. The fourth-order valence-corrected chi connectivity index (χ4v) is 13.1. The van der Waals surface area contributed by atoms with Crippen molar-refractivity contribution in [2.45, 2.75) is 199 Å². The topological polar surface area (TPSA) is 312 Å². The fourth-order valence-electron chi connectivity index (χ4n) is 13.1. The van der Waals surface area contributed by atoms with Crippen LogP contribution in [0.25, 0.3) is 0 Å². The Hall–Kier alpha value is -5.83. The number of cyclic esters (lactones) is 1. The molecule has 3 saturated heterocycles. The van der Waals surface area contributed by atoms with Gasteiger partial charge >= 0.3 is 12.1 Å². The van der Waals surface area contributed by atoms with E-state index in [0.29, 0.717) is 101 Å². The lowest BCUT2D eigenvalue weighted by atomic mass is 9.80. The summed E-state index contributed by atoms with van der Waals surface area (Å²) in [7, 11) is 6.34. The molecule has 6 rings (SSSR count). The predicted octanol–water partition coefficient (Wildman–Crippen LogP) is 4.56. The summed E-state index contributed by atoms with van der Waals surface area (Å²) in [6.45, 7) is 14.8. The summed E-state index contributed by atoms with van der Waals surface area (Å²) in [6, 6.07) is -2.03. The van der Waals surface area contributed by atoms with Crippen molar-refractivity contribution in [3.05, 3.63) is 65.6 Å². The Morgan fingerprint density at radius 2 is 1.51 bits per heavy atom.